The third-order valence-electron chi connectivity index (χ3n) is 6.98. The molecule has 0 N–H and O–H groups in total. The van der Waals surface area contributed by atoms with Crippen LogP contribution in [0.1, 0.15) is 61.0 Å². The molecule has 0 aromatic heterocycles. The van der Waals surface area contributed by atoms with Gasteiger partial charge >= 0.3 is 0 Å². The van der Waals surface area contributed by atoms with Crippen molar-refractivity contribution in [2.24, 2.45) is 0 Å². The Hall–Kier alpha value is -2.71. The van der Waals surface area contributed by atoms with E-state index < -0.39 is 0 Å². The van der Waals surface area contributed by atoms with Crippen molar-refractivity contribution in [1.29, 1.82) is 0 Å². The number of halogens is 1. The minimum atomic E-state index is 0.715. The first kappa shape index (κ1) is 22.1. The third-order valence-corrected chi connectivity index (χ3v) is 7.63. The van der Waals surface area contributed by atoms with Crippen LogP contribution in [0.15, 0.2) is 65.1 Å². The number of carbonyl (C=O) groups is 1. The zero-order valence-corrected chi connectivity index (χ0v) is 21.0. The molecule has 2 heteroatoms. The van der Waals surface area contributed by atoms with Crippen LogP contribution in [0.25, 0.3) is 43.4 Å². The molecule has 0 aliphatic carbocycles. The highest BCUT2D eigenvalue weighted by molar-refractivity contribution is 9.10. The molecule has 0 amide bonds. The molecule has 0 atom stereocenters. The van der Waals surface area contributed by atoms with E-state index in [-0.39, 0.29) is 0 Å². The van der Waals surface area contributed by atoms with Gasteiger partial charge in [0.05, 0.1) is 0 Å². The summed E-state index contributed by atoms with van der Waals surface area (Å²) in [6.07, 6.45) is 7.85. The highest BCUT2D eigenvalue weighted by Gasteiger charge is 2.18. The first-order valence-electron chi connectivity index (χ1n) is 12.1. The molecular formula is C31H29BrO. The molecule has 0 fully saturated rings. The van der Waals surface area contributed by atoms with Crippen molar-refractivity contribution in [2.75, 3.05) is 0 Å². The minimum Gasteiger partial charge on any atom is -0.298 e. The van der Waals surface area contributed by atoms with Crippen LogP contribution in [0.4, 0.5) is 0 Å². The molecule has 0 aliphatic heterocycles. The lowest BCUT2D eigenvalue weighted by Crippen LogP contribution is -1.96. The van der Waals surface area contributed by atoms with Crippen LogP contribution in [0, 0.1) is 0 Å². The number of hydrogen-bond acceptors (Lipinski definition) is 1. The van der Waals surface area contributed by atoms with Gasteiger partial charge in [-0.15, -0.1) is 0 Å². The van der Waals surface area contributed by atoms with Crippen LogP contribution in [-0.2, 0) is 12.8 Å². The second kappa shape index (κ2) is 9.27. The molecule has 33 heavy (non-hydrogen) atoms. The Bertz CT molecular complexity index is 1450. The Morgan fingerprint density at radius 1 is 0.697 bits per heavy atom. The molecular weight excluding hydrogens is 468 g/mol. The lowest BCUT2D eigenvalue weighted by Gasteiger charge is -2.20. The highest BCUT2D eigenvalue weighted by Crippen LogP contribution is 2.44. The molecule has 5 aromatic rings. The first-order valence-corrected chi connectivity index (χ1v) is 12.9. The van der Waals surface area contributed by atoms with E-state index in [0.717, 1.165) is 19.1 Å². The fourth-order valence-corrected chi connectivity index (χ4v) is 5.83. The van der Waals surface area contributed by atoms with Crippen molar-refractivity contribution in [3.63, 3.8) is 0 Å². The molecule has 0 unspecified atom stereocenters. The number of benzene rings is 5. The van der Waals surface area contributed by atoms with Crippen LogP contribution in [0.5, 0.6) is 0 Å². The van der Waals surface area contributed by atoms with E-state index in [2.05, 4.69) is 78.3 Å². The van der Waals surface area contributed by atoms with Crippen molar-refractivity contribution >= 4 is 54.5 Å². The SMILES string of the molecule is CCCCc1cc(Br)c2ccc3c(CCCC)cc(-c4ccc(C=O)cc4)c4ccc1c2c34. The monoisotopic (exact) mass is 496 g/mol. The molecule has 0 heterocycles. The maximum atomic E-state index is 11.2. The van der Waals surface area contributed by atoms with Crippen LogP contribution in [0.2, 0.25) is 0 Å². The minimum absolute atomic E-state index is 0.715. The number of carbonyl (C=O) groups excluding carboxylic acids is 1. The molecule has 0 radical (unpaired) electrons. The molecule has 0 saturated carbocycles. The van der Waals surface area contributed by atoms with Gasteiger partial charge in [-0.25, -0.2) is 0 Å². The predicted molar refractivity (Wildman–Crippen MR) is 146 cm³/mol. The highest BCUT2D eigenvalue weighted by atomic mass is 79.9. The summed E-state index contributed by atoms with van der Waals surface area (Å²) in [6, 6.07) is 22.0. The summed E-state index contributed by atoms with van der Waals surface area (Å²) >= 11 is 3.89. The Morgan fingerprint density at radius 2 is 1.24 bits per heavy atom. The molecule has 166 valence electrons. The zero-order chi connectivity index (χ0) is 22.9. The summed E-state index contributed by atoms with van der Waals surface area (Å²) in [5, 5.41) is 8.11. The van der Waals surface area contributed by atoms with Crippen LogP contribution < -0.4 is 0 Å². The predicted octanol–water partition coefficient (Wildman–Crippen LogP) is 9.51. The maximum Gasteiger partial charge on any atom is 0.150 e. The summed E-state index contributed by atoms with van der Waals surface area (Å²) < 4.78 is 1.19. The van der Waals surface area contributed by atoms with Crippen LogP contribution >= 0.6 is 15.9 Å². The Morgan fingerprint density at radius 3 is 1.85 bits per heavy atom. The fourth-order valence-electron chi connectivity index (χ4n) is 5.22. The smallest absolute Gasteiger partial charge is 0.150 e. The molecule has 5 rings (SSSR count). The number of aryl methyl sites for hydroxylation is 2. The van der Waals surface area contributed by atoms with Gasteiger partial charge in [0.15, 0.2) is 0 Å². The molecule has 0 bridgehead atoms. The van der Waals surface area contributed by atoms with Gasteiger partial charge in [-0.05, 0) is 92.4 Å². The van der Waals surface area contributed by atoms with E-state index in [0.29, 0.717) is 5.56 Å². The number of unbranched alkanes of at least 4 members (excludes halogenated alkanes) is 2. The van der Waals surface area contributed by atoms with Gasteiger partial charge in [0, 0.05) is 10.0 Å². The maximum absolute atomic E-state index is 11.2. The average molecular weight is 497 g/mol. The first-order chi connectivity index (χ1) is 16.2. The van der Waals surface area contributed by atoms with Crippen molar-refractivity contribution < 1.29 is 4.79 Å². The van der Waals surface area contributed by atoms with E-state index in [1.807, 2.05) is 12.1 Å². The van der Waals surface area contributed by atoms with E-state index in [4.69, 9.17) is 0 Å². The lowest BCUT2D eigenvalue weighted by molar-refractivity contribution is 0.112. The Balaban J connectivity index is 1.88. The second-order valence-electron chi connectivity index (χ2n) is 9.12. The fraction of sp³-hybridized carbons (Fsp3) is 0.258. The van der Waals surface area contributed by atoms with Crippen molar-refractivity contribution in [3.05, 3.63) is 81.8 Å². The quantitative estimate of drug-likeness (QED) is 0.154. The van der Waals surface area contributed by atoms with Gasteiger partial charge in [-0.2, -0.15) is 0 Å². The van der Waals surface area contributed by atoms with Crippen molar-refractivity contribution in [1.82, 2.24) is 0 Å². The van der Waals surface area contributed by atoms with Gasteiger partial charge in [-0.3, -0.25) is 4.79 Å². The van der Waals surface area contributed by atoms with Gasteiger partial charge < -0.3 is 0 Å². The number of aldehydes is 1. The Kier molecular flexibility index (Phi) is 6.21. The van der Waals surface area contributed by atoms with Crippen molar-refractivity contribution in [3.8, 4) is 11.1 Å². The number of rotatable bonds is 8. The molecule has 1 nitrogen and oxygen atoms in total. The number of hydrogen-bond donors (Lipinski definition) is 0. The molecule has 0 saturated heterocycles. The van der Waals surface area contributed by atoms with E-state index in [1.165, 1.54) is 84.7 Å². The van der Waals surface area contributed by atoms with Crippen molar-refractivity contribution in [2.45, 2.75) is 52.4 Å². The summed E-state index contributed by atoms with van der Waals surface area (Å²) in [6.45, 7) is 4.51. The molecule has 5 aromatic carbocycles. The molecule has 0 spiro atoms. The topological polar surface area (TPSA) is 17.1 Å². The summed E-state index contributed by atoms with van der Waals surface area (Å²) in [5.41, 5.74) is 5.99. The van der Waals surface area contributed by atoms with Gasteiger partial charge in [-0.1, -0.05) is 91.1 Å². The molecule has 0 aliphatic rings. The van der Waals surface area contributed by atoms with Gasteiger partial charge in [0.25, 0.3) is 0 Å². The van der Waals surface area contributed by atoms with E-state index >= 15 is 0 Å². The summed E-state index contributed by atoms with van der Waals surface area (Å²) in [4.78, 5) is 11.2. The second-order valence-corrected chi connectivity index (χ2v) is 9.97. The van der Waals surface area contributed by atoms with Crippen LogP contribution in [-0.4, -0.2) is 6.29 Å². The lowest BCUT2D eigenvalue weighted by atomic mass is 9.84. The summed E-state index contributed by atoms with van der Waals surface area (Å²) in [5.74, 6) is 0. The largest absolute Gasteiger partial charge is 0.298 e. The normalized spacial score (nSPS) is 11.7. The third kappa shape index (κ3) is 3.85. The summed E-state index contributed by atoms with van der Waals surface area (Å²) in [7, 11) is 0. The van der Waals surface area contributed by atoms with E-state index in [1.54, 1.807) is 0 Å². The van der Waals surface area contributed by atoms with Gasteiger partial charge in [0.2, 0.25) is 0 Å². The Labute approximate surface area is 204 Å². The van der Waals surface area contributed by atoms with E-state index in [9.17, 15) is 4.79 Å². The zero-order valence-electron chi connectivity index (χ0n) is 19.4. The average Bonchev–Trinajstić information content (AvgIpc) is 2.86. The van der Waals surface area contributed by atoms with Gasteiger partial charge in [0.1, 0.15) is 6.29 Å². The van der Waals surface area contributed by atoms with Crippen LogP contribution in [0.3, 0.4) is 0 Å². The standard InChI is InChI=1S/C31H29BrO/c1-3-5-7-22-17-28(21-11-9-20(19-33)10-12-21)26-15-13-25-23(8-6-4-2)18-29(32)27-16-14-24(22)30(26)31(25)27/h9-19H,3-8H2,1-2H3.